The molecule has 8 aliphatic carbocycles. The highest BCUT2D eigenvalue weighted by Gasteiger charge is 2.71. The van der Waals surface area contributed by atoms with Gasteiger partial charge in [-0.3, -0.25) is 0 Å². The summed E-state index contributed by atoms with van der Waals surface area (Å²) < 4.78 is 0.514. The molecule has 0 saturated heterocycles. The number of unbranched alkanes of at least 4 members (excludes halogenated alkanes) is 2. The fourth-order valence-electron chi connectivity index (χ4n) is 11.9. The van der Waals surface area contributed by atoms with Crippen molar-refractivity contribution in [3.05, 3.63) is 0 Å². The van der Waals surface area contributed by atoms with Crippen molar-refractivity contribution in [2.75, 3.05) is 0 Å². The van der Waals surface area contributed by atoms with E-state index < -0.39 is 0 Å². The van der Waals surface area contributed by atoms with Gasteiger partial charge in [-0.1, -0.05) is 55.5 Å². The maximum absolute atomic E-state index is 4.45. The molecule has 0 aromatic rings. The molecule has 8 saturated carbocycles. The lowest BCUT2D eigenvalue weighted by molar-refractivity contribution is -0.234. The molecule has 6 unspecified atom stereocenters. The van der Waals surface area contributed by atoms with Gasteiger partial charge < -0.3 is 0 Å². The summed E-state index contributed by atoms with van der Waals surface area (Å²) in [5.74, 6) is 3.24. The number of alkyl halides is 1. The molecule has 0 aliphatic heterocycles. The first kappa shape index (κ1) is 20.1. The van der Waals surface area contributed by atoms with Crippen molar-refractivity contribution in [1.82, 2.24) is 0 Å². The molecule has 0 heterocycles. The van der Waals surface area contributed by atoms with Crippen LogP contribution >= 0.6 is 15.9 Å². The van der Waals surface area contributed by atoms with Crippen LogP contribution < -0.4 is 0 Å². The standard InChI is InChI=1S/C28H45Br/c1-3-5-7-24-10-21-9-22(11-24)14-26(13-21,17-24)27-15-23-12-25(18-27,8-6-4-2)19-28(29,16-23)20-27/h21-23H,3-20H2,1-2H3. The van der Waals surface area contributed by atoms with Gasteiger partial charge in [-0.05, 0) is 129 Å². The van der Waals surface area contributed by atoms with E-state index in [1.54, 1.807) is 77.0 Å². The summed E-state index contributed by atoms with van der Waals surface area (Å²) in [5.41, 5.74) is 2.91. The smallest absolute Gasteiger partial charge is 0.0271 e. The minimum atomic E-state index is 0.514. The van der Waals surface area contributed by atoms with E-state index in [9.17, 15) is 0 Å². The van der Waals surface area contributed by atoms with Crippen molar-refractivity contribution in [3.8, 4) is 0 Å². The molecule has 164 valence electrons. The summed E-state index contributed by atoms with van der Waals surface area (Å²) in [6.07, 6.45) is 28.0. The van der Waals surface area contributed by atoms with Crippen LogP contribution in [0.5, 0.6) is 0 Å². The predicted octanol–water partition coefficient (Wildman–Crippen LogP) is 9.06. The van der Waals surface area contributed by atoms with Gasteiger partial charge in [-0.2, -0.15) is 0 Å². The highest BCUT2D eigenvalue weighted by atomic mass is 79.9. The second-order valence-electron chi connectivity index (χ2n) is 13.9. The van der Waals surface area contributed by atoms with Crippen LogP contribution in [0.4, 0.5) is 0 Å². The Hall–Kier alpha value is 0.480. The quantitative estimate of drug-likeness (QED) is 0.332. The largest absolute Gasteiger partial charge is 0.0853 e. The zero-order chi connectivity index (χ0) is 20.0. The number of rotatable bonds is 7. The first-order valence-electron chi connectivity index (χ1n) is 13.5. The third-order valence-electron chi connectivity index (χ3n) is 11.5. The highest BCUT2D eigenvalue weighted by Crippen LogP contribution is 2.80. The Balaban J connectivity index is 1.38. The zero-order valence-corrected chi connectivity index (χ0v) is 20.9. The first-order chi connectivity index (χ1) is 13.8. The Bertz CT molecular complexity index is 653. The Kier molecular flexibility index (Phi) is 4.51. The van der Waals surface area contributed by atoms with E-state index in [-0.39, 0.29) is 0 Å². The number of halogens is 1. The van der Waals surface area contributed by atoms with Gasteiger partial charge in [0.05, 0.1) is 0 Å². The lowest BCUT2D eigenvalue weighted by Gasteiger charge is -2.75. The third-order valence-corrected chi connectivity index (χ3v) is 12.4. The van der Waals surface area contributed by atoms with Crippen molar-refractivity contribution in [2.24, 2.45) is 39.4 Å². The molecule has 8 aliphatic rings. The maximum Gasteiger partial charge on any atom is 0.0271 e. The van der Waals surface area contributed by atoms with Crippen molar-refractivity contribution < 1.29 is 0 Å². The second-order valence-corrected chi connectivity index (χ2v) is 15.6. The molecule has 0 nitrogen and oxygen atoms in total. The Morgan fingerprint density at radius 3 is 1.86 bits per heavy atom. The monoisotopic (exact) mass is 460 g/mol. The van der Waals surface area contributed by atoms with Gasteiger partial charge in [0, 0.05) is 4.32 Å². The summed E-state index contributed by atoms with van der Waals surface area (Å²) in [7, 11) is 0. The zero-order valence-electron chi connectivity index (χ0n) is 19.3. The molecule has 8 fully saturated rings. The van der Waals surface area contributed by atoms with Gasteiger partial charge in [0.25, 0.3) is 0 Å². The molecule has 6 atom stereocenters. The average Bonchev–Trinajstić information content (AvgIpc) is 2.62. The normalized spacial score (nSPS) is 57.0. The fourth-order valence-corrected chi connectivity index (χ4v) is 13.4. The van der Waals surface area contributed by atoms with Crippen LogP contribution in [0.3, 0.4) is 0 Å². The lowest BCUT2D eigenvalue weighted by Crippen LogP contribution is -2.67. The number of hydrogen-bond donors (Lipinski definition) is 0. The van der Waals surface area contributed by atoms with Crippen LogP contribution in [0.25, 0.3) is 0 Å². The molecule has 0 amide bonds. The van der Waals surface area contributed by atoms with E-state index >= 15 is 0 Å². The van der Waals surface area contributed by atoms with Crippen LogP contribution in [-0.2, 0) is 0 Å². The fraction of sp³-hybridized carbons (Fsp3) is 1.00. The van der Waals surface area contributed by atoms with Crippen LogP contribution in [0.1, 0.15) is 129 Å². The van der Waals surface area contributed by atoms with Crippen LogP contribution in [0, 0.1) is 39.4 Å². The molecule has 0 radical (unpaired) electrons. The maximum atomic E-state index is 4.45. The molecule has 0 spiro atoms. The predicted molar refractivity (Wildman–Crippen MR) is 126 cm³/mol. The van der Waals surface area contributed by atoms with Crippen molar-refractivity contribution in [1.29, 1.82) is 0 Å². The topological polar surface area (TPSA) is 0 Å². The van der Waals surface area contributed by atoms with Crippen molar-refractivity contribution in [2.45, 2.75) is 134 Å². The molecule has 0 N–H and O–H groups in total. The molecular formula is C28H45Br. The minimum Gasteiger partial charge on any atom is -0.0853 e. The number of hydrogen-bond acceptors (Lipinski definition) is 0. The van der Waals surface area contributed by atoms with Gasteiger partial charge in [0.1, 0.15) is 0 Å². The molecule has 0 aromatic heterocycles. The summed E-state index contributed by atoms with van der Waals surface area (Å²) in [6, 6.07) is 0. The summed E-state index contributed by atoms with van der Waals surface area (Å²) in [6.45, 7) is 4.83. The van der Waals surface area contributed by atoms with Crippen LogP contribution in [-0.4, -0.2) is 4.32 Å². The molecule has 8 rings (SSSR count). The van der Waals surface area contributed by atoms with E-state index in [1.807, 2.05) is 0 Å². The van der Waals surface area contributed by atoms with Gasteiger partial charge in [0.15, 0.2) is 0 Å². The van der Waals surface area contributed by atoms with Crippen molar-refractivity contribution >= 4 is 15.9 Å². The first-order valence-corrected chi connectivity index (χ1v) is 14.3. The van der Waals surface area contributed by atoms with Crippen molar-refractivity contribution in [3.63, 3.8) is 0 Å². The molecule has 0 aromatic carbocycles. The third kappa shape index (κ3) is 2.94. The lowest BCUT2D eigenvalue weighted by atomic mass is 9.31. The van der Waals surface area contributed by atoms with E-state index in [2.05, 4.69) is 29.8 Å². The molecular weight excluding hydrogens is 416 g/mol. The Morgan fingerprint density at radius 2 is 1.21 bits per heavy atom. The Morgan fingerprint density at radius 1 is 0.621 bits per heavy atom. The van der Waals surface area contributed by atoms with E-state index in [4.69, 9.17) is 0 Å². The Labute approximate surface area is 188 Å². The van der Waals surface area contributed by atoms with E-state index in [1.165, 1.54) is 38.5 Å². The summed E-state index contributed by atoms with van der Waals surface area (Å²) in [4.78, 5) is 0. The second kappa shape index (κ2) is 6.51. The van der Waals surface area contributed by atoms with E-state index in [0.29, 0.717) is 15.2 Å². The summed E-state index contributed by atoms with van der Waals surface area (Å²) >= 11 is 4.45. The van der Waals surface area contributed by atoms with Gasteiger partial charge in [-0.25, -0.2) is 0 Å². The van der Waals surface area contributed by atoms with Gasteiger partial charge >= 0.3 is 0 Å². The SMILES string of the molecule is CCCCC12CC3CC(C1)CC(C14CC5CC(Br)(CC(CCCC)(C5)C1)C4)(C3)C2. The molecule has 1 heteroatoms. The van der Waals surface area contributed by atoms with E-state index in [0.717, 1.165) is 28.6 Å². The van der Waals surface area contributed by atoms with Gasteiger partial charge in [0.2, 0.25) is 0 Å². The summed E-state index contributed by atoms with van der Waals surface area (Å²) in [5, 5.41) is 0. The molecule has 29 heavy (non-hydrogen) atoms. The highest BCUT2D eigenvalue weighted by molar-refractivity contribution is 9.10. The minimum absolute atomic E-state index is 0.514. The average molecular weight is 462 g/mol. The van der Waals surface area contributed by atoms with Crippen LogP contribution in [0.2, 0.25) is 0 Å². The van der Waals surface area contributed by atoms with Gasteiger partial charge in [-0.15, -0.1) is 0 Å². The van der Waals surface area contributed by atoms with Crippen LogP contribution in [0.15, 0.2) is 0 Å². The molecule has 8 bridgehead atoms.